The zero-order valence-electron chi connectivity index (χ0n) is 15.1. The number of pyridine rings is 1. The Morgan fingerprint density at radius 1 is 0.962 bits per heavy atom. The van der Waals surface area contributed by atoms with Crippen LogP contribution in [0, 0.1) is 0 Å². The maximum Gasteiger partial charge on any atom is 0.356 e. The predicted octanol–water partition coefficient (Wildman–Crippen LogP) is 6.84. The maximum atomic E-state index is 11.3. The van der Waals surface area contributed by atoms with Gasteiger partial charge in [-0.05, 0) is 57.4 Å². The van der Waals surface area contributed by atoms with Crippen molar-refractivity contribution in [2.75, 3.05) is 0 Å². The molecule has 136 valence electrons. The van der Waals surface area contributed by atoms with Crippen molar-refractivity contribution in [3.63, 3.8) is 0 Å². The minimum atomic E-state index is -1.23. The number of carboxylic acid groups (broad SMARTS) is 1. The van der Waals surface area contributed by atoms with Crippen LogP contribution in [-0.2, 0) is 5.41 Å². The number of carbonyl (C=O) groups is 1. The molecule has 1 aromatic carbocycles. The molecule has 0 saturated heterocycles. The molecule has 0 fully saturated rings. The lowest BCUT2D eigenvalue weighted by molar-refractivity contribution is 0.0691. The third-order valence-corrected chi connectivity index (χ3v) is 7.14. The van der Waals surface area contributed by atoms with E-state index in [1.54, 1.807) is 6.07 Å². The molecular weight excluding hydrogens is 393 g/mol. The summed E-state index contributed by atoms with van der Waals surface area (Å²) < 4.78 is 0. The Balaban J connectivity index is 2.39. The second kappa shape index (κ2) is 6.26. The number of benzene rings is 1. The standard InChI is InChI=1S/C20H18Cl3NO2/c1-8-9(2)11(4)20(5,10(8)3)12-6-7-13-14(15(12)21)16(22)17(23)18(24-13)19(25)26/h6-7H,1-5H3,(H,25,26). The second-order valence-electron chi connectivity index (χ2n) is 6.84. The lowest BCUT2D eigenvalue weighted by Crippen LogP contribution is -2.23. The first kappa shape index (κ1) is 19.2. The summed E-state index contributed by atoms with van der Waals surface area (Å²) >= 11 is 19.3. The lowest BCUT2D eigenvalue weighted by Gasteiger charge is -2.31. The number of hydrogen-bond donors (Lipinski definition) is 1. The van der Waals surface area contributed by atoms with Gasteiger partial charge in [0.2, 0.25) is 0 Å². The number of allylic oxidation sites excluding steroid dienone is 4. The van der Waals surface area contributed by atoms with Gasteiger partial charge in [-0.25, -0.2) is 9.78 Å². The van der Waals surface area contributed by atoms with Gasteiger partial charge in [-0.1, -0.05) is 52.0 Å². The van der Waals surface area contributed by atoms with Crippen molar-refractivity contribution in [3.8, 4) is 0 Å². The molecule has 1 N–H and O–H groups in total. The highest BCUT2D eigenvalue weighted by atomic mass is 35.5. The summed E-state index contributed by atoms with van der Waals surface area (Å²) in [5, 5.41) is 10.2. The van der Waals surface area contributed by atoms with Crippen LogP contribution in [0.1, 0.15) is 50.7 Å². The molecule has 6 heteroatoms. The second-order valence-corrected chi connectivity index (χ2v) is 7.97. The Kier molecular flexibility index (Phi) is 4.63. The molecule has 0 bridgehead atoms. The van der Waals surface area contributed by atoms with Crippen LogP contribution in [0.2, 0.25) is 15.1 Å². The quantitative estimate of drug-likeness (QED) is 0.589. The van der Waals surface area contributed by atoms with E-state index in [1.807, 2.05) is 6.07 Å². The summed E-state index contributed by atoms with van der Waals surface area (Å²) in [5.74, 6) is -1.23. The minimum Gasteiger partial charge on any atom is -0.476 e. The molecule has 1 aromatic heterocycles. The van der Waals surface area contributed by atoms with Gasteiger partial charge in [0.1, 0.15) is 0 Å². The Labute approximate surface area is 167 Å². The molecule has 26 heavy (non-hydrogen) atoms. The van der Waals surface area contributed by atoms with Gasteiger partial charge in [-0.15, -0.1) is 0 Å². The predicted molar refractivity (Wildman–Crippen MR) is 108 cm³/mol. The average Bonchev–Trinajstić information content (AvgIpc) is 2.74. The molecule has 3 rings (SSSR count). The number of fused-ring (bicyclic) bond motifs is 1. The molecule has 1 aliphatic rings. The van der Waals surface area contributed by atoms with E-state index in [1.165, 1.54) is 22.3 Å². The van der Waals surface area contributed by atoms with Gasteiger partial charge in [0, 0.05) is 10.8 Å². The van der Waals surface area contributed by atoms with E-state index in [4.69, 9.17) is 34.8 Å². The highest BCUT2D eigenvalue weighted by Gasteiger charge is 2.39. The van der Waals surface area contributed by atoms with Gasteiger partial charge in [0.25, 0.3) is 0 Å². The minimum absolute atomic E-state index is 0.103. The molecule has 0 saturated carbocycles. The maximum absolute atomic E-state index is 11.3. The van der Waals surface area contributed by atoms with E-state index < -0.39 is 5.97 Å². The van der Waals surface area contributed by atoms with E-state index in [9.17, 15) is 9.90 Å². The summed E-state index contributed by atoms with van der Waals surface area (Å²) in [7, 11) is 0. The number of aromatic nitrogens is 1. The number of aromatic carboxylic acids is 1. The molecule has 0 radical (unpaired) electrons. The molecule has 0 atom stereocenters. The smallest absolute Gasteiger partial charge is 0.356 e. The molecule has 3 nitrogen and oxygen atoms in total. The molecule has 1 heterocycles. The van der Waals surface area contributed by atoms with Crippen molar-refractivity contribution in [3.05, 3.63) is 60.8 Å². The summed E-state index contributed by atoms with van der Waals surface area (Å²) in [6.07, 6.45) is 0. The van der Waals surface area contributed by atoms with E-state index >= 15 is 0 Å². The largest absolute Gasteiger partial charge is 0.476 e. The van der Waals surface area contributed by atoms with Crippen molar-refractivity contribution in [1.82, 2.24) is 4.98 Å². The summed E-state index contributed by atoms with van der Waals surface area (Å²) in [5.41, 5.74) is 5.63. The lowest BCUT2D eigenvalue weighted by atomic mass is 9.73. The Bertz CT molecular complexity index is 1030. The Morgan fingerprint density at radius 2 is 1.50 bits per heavy atom. The van der Waals surface area contributed by atoms with Crippen LogP contribution in [0.25, 0.3) is 10.9 Å². The van der Waals surface area contributed by atoms with Crippen molar-refractivity contribution < 1.29 is 9.90 Å². The van der Waals surface area contributed by atoms with E-state index in [2.05, 4.69) is 39.6 Å². The first-order chi connectivity index (χ1) is 12.0. The fourth-order valence-corrected chi connectivity index (χ4v) is 4.77. The molecule has 2 aromatic rings. The summed E-state index contributed by atoms with van der Waals surface area (Å²) in [4.78, 5) is 15.5. The van der Waals surface area contributed by atoms with Crippen LogP contribution in [0.4, 0.5) is 0 Å². The molecule has 1 aliphatic carbocycles. The summed E-state index contributed by atoms with van der Waals surface area (Å²) in [6.45, 7) is 10.6. The van der Waals surface area contributed by atoms with Gasteiger partial charge < -0.3 is 5.11 Å². The fourth-order valence-electron chi connectivity index (χ4n) is 3.78. The first-order valence-corrected chi connectivity index (χ1v) is 9.24. The van der Waals surface area contributed by atoms with Gasteiger partial charge in [0.15, 0.2) is 5.69 Å². The van der Waals surface area contributed by atoms with Crippen molar-refractivity contribution in [2.24, 2.45) is 0 Å². The molecular formula is C20H18Cl3NO2. The Morgan fingerprint density at radius 3 is 2.00 bits per heavy atom. The third-order valence-electron chi connectivity index (χ3n) is 5.90. The zero-order chi connectivity index (χ0) is 19.5. The van der Waals surface area contributed by atoms with E-state index in [0.717, 1.165) is 5.56 Å². The average molecular weight is 411 g/mol. The van der Waals surface area contributed by atoms with Gasteiger partial charge in [0.05, 0.1) is 20.6 Å². The van der Waals surface area contributed by atoms with Crippen molar-refractivity contribution in [2.45, 2.75) is 40.0 Å². The van der Waals surface area contributed by atoms with E-state index in [0.29, 0.717) is 15.9 Å². The first-order valence-electron chi connectivity index (χ1n) is 8.10. The van der Waals surface area contributed by atoms with Crippen molar-refractivity contribution in [1.29, 1.82) is 0 Å². The van der Waals surface area contributed by atoms with Crippen LogP contribution >= 0.6 is 34.8 Å². The number of rotatable bonds is 2. The number of nitrogens with zero attached hydrogens (tertiary/aromatic N) is 1. The Hall–Kier alpha value is -1.55. The highest BCUT2D eigenvalue weighted by Crippen LogP contribution is 2.52. The third kappa shape index (κ3) is 2.41. The number of halogens is 3. The number of hydrogen-bond acceptors (Lipinski definition) is 2. The fraction of sp³-hybridized carbons (Fsp3) is 0.300. The SMILES string of the molecule is CC1=C(C)C(C)(c2ccc3nc(C(=O)O)c(Cl)c(Cl)c3c2Cl)C(C)=C1C. The van der Waals surface area contributed by atoms with Crippen LogP contribution in [0.5, 0.6) is 0 Å². The van der Waals surface area contributed by atoms with E-state index in [-0.39, 0.29) is 21.2 Å². The summed E-state index contributed by atoms with van der Waals surface area (Å²) in [6, 6.07) is 3.65. The number of carboxylic acids is 1. The zero-order valence-corrected chi connectivity index (χ0v) is 17.4. The molecule has 0 spiro atoms. The highest BCUT2D eigenvalue weighted by molar-refractivity contribution is 6.49. The molecule has 0 aliphatic heterocycles. The monoisotopic (exact) mass is 409 g/mol. The van der Waals surface area contributed by atoms with Crippen molar-refractivity contribution >= 4 is 51.7 Å². The van der Waals surface area contributed by atoms with Gasteiger partial charge in [-0.2, -0.15) is 0 Å². The molecule has 0 unspecified atom stereocenters. The van der Waals surface area contributed by atoms with Gasteiger partial charge in [-0.3, -0.25) is 0 Å². The normalized spacial score (nSPS) is 16.8. The topological polar surface area (TPSA) is 50.2 Å². The van der Waals surface area contributed by atoms with Crippen LogP contribution in [0.3, 0.4) is 0 Å². The van der Waals surface area contributed by atoms with Crippen LogP contribution in [-0.4, -0.2) is 16.1 Å². The molecule has 0 amide bonds. The van der Waals surface area contributed by atoms with Crippen LogP contribution in [0.15, 0.2) is 34.4 Å². The van der Waals surface area contributed by atoms with Crippen LogP contribution < -0.4 is 0 Å². The van der Waals surface area contributed by atoms with Gasteiger partial charge >= 0.3 is 5.97 Å².